The lowest BCUT2D eigenvalue weighted by Gasteiger charge is -2.37. The zero-order chi connectivity index (χ0) is 13.9. The van der Waals surface area contributed by atoms with Gasteiger partial charge in [-0.2, -0.15) is 0 Å². The van der Waals surface area contributed by atoms with Gasteiger partial charge in [0.25, 0.3) is 0 Å². The fourth-order valence-corrected chi connectivity index (χ4v) is 2.37. The van der Waals surface area contributed by atoms with E-state index in [0.29, 0.717) is 12.6 Å². The number of hydrogen-bond acceptors (Lipinski definition) is 4. The minimum Gasteiger partial charge on any atom is -0.487 e. The summed E-state index contributed by atoms with van der Waals surface area (Å²) in [5.41, 5.74) is 1.02. The van der Waals surface area contributed by atoms with Crippen LogP contribution in [0.15, 0.2) is 18.2 Å². The van der Waals surface area contributed by atoms with Crippen molar-refractivity contribution >= 4 is 0 Å². The van der Waals surface area contributed by atoms with E-state index in [1.807, 2.05) is 26.1 Å². The van der Waals surface area contributed by atoms with Crippen molar-refractivity contribution in [1.29, 1.82) is 0 Å². The second-order valence-corrected chi connectivity index (χ2v) is 5.36. The van der Waals surface area contributed by atoms with Crippen LogP contribution in [-0.4, -0.2) is 26.0 Å². The maximum Gasteiger partial charge on any atom is 0.189 e. The van der Waals surface area contributed by atoms with Crippen LogP contribution >= 0.6 is 0 Å². The zero-order valence-electron chi connectivity index (χ0n) is 12.2. The highest BCUT2D eigenvalue weighted by molar-refractivity contribution is 5.44. The quantitative estimate of drug-likeness (QED) is 0.656. The lowest BCUT2D eigenvalue weighted by Crippen LogP contribution is -2.38. The fourth-order valence-electron chi connectivity index (χ4n) is 2.37. The third-order valence-electron chi connectivity index (χ3n) is 3.30. The first-order valence-electron chi connectivity index (χ1n) is 6.76. The summed E-state index contributed by atoms with van der Waals surface area (Å²) in [6, 6.07) is 6.29. The van der Waals surface area contributed by atoms with Crippen molar-refractivity contribution in [1.82, 2.24) is 5.32 Å². The summed E-state index contributed by atoms with van der Waals surface area (Å²) in [6.45, 7) is 7.08. The van der Waals surface area contributed by atoms with Crippen LogP contribution in [0.5, 0.6) is 11.5 Å². The Hall–Kier alpha value is -1.26. The van der Waals surface area contributed by atoms with E-state index in [1.54, 1.807) is 0 Å². The molecule has 1 aliphatic rings. The van der Waals surface area contributed by atoms with Crippen LogP contribution in [0, 0.1) is 0 Å². The van der Waals surface area contributed by atoms with E-state index in [1.165, 1.54) is 5.56 Å². The molecule has 1 aliphatic heterocycles. The third kappa shape index (κ3) is 3.39. The number of benzene rings is 1. The summed E-state index contributed by atoms with van der Waals surface area (Å²) < 4.78 is 16.8. The zero-order valence-corrected chi connectivity index (χ0v) is 12.2. The Bertz CT molecular complexity index is 431. The number of nitrogens with one attached hydrogen (secondary N) is 1. The van der Waals surface area contributed by atoms with Gasteiger partial charge in [-0.25, -0.2) is 0 Å². The minimum atomic E-state index is -0.167. The molecule has 4 nitrogen and oxygen atoms in total. The monoisotopic (exact) mass is 265 g/mol. The molecule has 1 N–H and O–H groups in total. The molecule has 1 aromatic rings. The smallest absolute Gasteiger partial charge is 0.189 e. The van der Waals surface area contributed by atoms with E-state index < -0.39 is 0 Å². The molecule has 2 rings (SSSR count). The lowest BCUT2D eigenvalue weighted by atomic mass is 9.90. The average molecular weight is 265 g/mol. The van der Waals surface area contributed by atoms with Crippen LogP contribution in [0.1, 0.15) is 38.8 Å². The van der Waals surface area contributed by atoms with Crippen molar-refractivity contribution in [2.24, 2.45) is 0 Å². The van der Waals surface area contributed by atoms with Crippen LogP contribution in [0.25, 0.3) is 0 Å². The Morgan fingerprint density at radius 2 is 2.21 bits per heavy atom. The fraction of sp³-hybridized carbons (Fsp3) is 0.600. The molecule has 1 unspecified atom stereocenters. The number of rotatable bonds is 5. The molecule has 4 heteroatoms. The Balaban J connectivity index is 2.18. The first-order chi connectivity index (χ1) is 9.05. The van der Waals surface area contributed by atoms with E-state index in [4.69, 9.17) is 14.2 Å². The topological polar surface area (TPSA) is 39.7 Å². The Labute approximate surface area is 115 Å². The molecule has 0 saturated heterocycles. The van der Waals surface area contributed by atoms with Crippen molar-refractivity contribution in [2.45, 2.75) is 38.8 Å². The molecule has 0 amide bonds. The second-order valence-electron chi connectivity index (χ2n) is 5.36. The van der Waals surface area contributed by atoms with Gasteiger partial charge in [-0.1, -0.05) is 6.07 Å². The molecule has 0 saturated carbocycles. The van der Waals surface area contributed by atoms with Crippen molar-refractivity contribution < 1.29 is 14.2 Å². The molecule has 19 heavy (non-hydrogen) atoms. The van der Waals surface area contributed by atoms with E-state index in [2.05, 4.69) is 25.2 Å². The van der Waals surface area contributed by atoms with Gasteiger partial charge >= 0.3 is 0 Å². The summed E-state index contributed by atoms with van der Waals surface area (Å²) in [4.78, 5) is 0. The first kappa shape index (κ1) is 14.2. The van der Waals surface area contributed by atoms with Crippen LogP contribution in [0.4, 0.5) is 0 Å². The summed E-state index contributed by atoms with van der Waals surface area (Å²) >= 11 is 0. The molecule has 0 spiro atoms. The number of ether oxygens (including phenoxy) is 3. The highest BCUT2D eigenvalue weighted by Crippen LogP contribution is 2.40. The Kier molecular flexibility index (Phi) is 4.32. The average Bonchev–Trinajstić information content (AvgIpc) is 2.36. The van der Waals surface area contributed by atoms with Gasteiger partial charge in [0.2, 0.25) is 0 Å². The number of fused-ring (bicyclic) bond motifs is 1. The molecule has 0 aromatic heterocycles. The molecule has 106 valence electrons. The van der Waals surface area contributed by atoms with Gasteiger partial charge in [0.05, 0.1) is 0 Å². The van der Waals surface area contributed by atoms with Crippen LogP contribution < -0.4 is 14.8 Å². The van der Waals surface area contributed by atoms with Crippen molar-refractivity contribution in [3.05, 3.63) is 23.8 Å². The molecule has 0 bridgehead atoms. The summed E-state index contributed by atoms with van der Waals surface area (Å²) in [7, 11) is 1.98. The van der Waals surface area contributed by atoms with Gasteiger partial charge in [-0.05, 0) is 33.9 Å². The maximum atomic E-state index is 6.04. The van der Waals surface area contributed by atoms with Crippen LogP contribution in [-0.2, 0) is 4.74 Å². The van der Waals surface area contributed by atoms with Crippen LogP contribution in [0.2, 0.25) is 0 Å². The predicted molar refractivity (Wildman–Crippen MR) is 74.7 cm³/mol. The SMILES string of the molecule is CCOCOc1ccc2c(c1)OC(C)(C)CC2NC. The maximum absolute atomic E-state index is 6.04. The third-order valence-corrected chi connectivity index (χ3v) is 3.30. The lowest BCUT2D eigenvalue weighted by molar-refractivity contribution is 0.0215. The molecular weight excluding hydrogens is 242 g/mol. The molecule has 0 radical (unpaired) electrons. The second kappa shape index (κ2) is 5.80. The highest BCUT2D eigenvalue weighted by Gasteiger charge is 2.33. The molecule has 1 heterocycles. The molecule has 1 aromatic carbocycles. The van der Waals surface area contributed by atoms with E-state index in [9.17, 15) is 0 Å². The predicted octanol–water partition coefficient (Wildman–Crippen LogP) is 2.88. The van der Waals surface area contributed by atoms with E-state index in [-0.39, 0.29) is 12.4 Å². The van der Waals surface area contributed by atoms with E-state index >= 15 is 0 Å². The van der Waals surface area contributed by atoms with Crippen molar-refractivity contribution in [3.63, 3.8) is 0 Å². The highest BCUT2D eigenvalue weighted by atomic mass is 16.7. The molecule has 1 atom stereocenters. The summed E-state index contributed by atoms with van der Waals surface area (Å²) in [6.07, 6.45) is 0.954. The summed E-state index contributed by atoms with van der Waals surface area (Å²) in [5, 5.41) is 3.34. The summed E-state index contributed by atoms with van der Waals surface area (Å²) in [5.74, 6) is 1.67. The standard InChI is InChI=1S/C15H23NO3/c1-5-17-10-18-11-6-7-12-13(16-4)9-15(2,3)19-14(12)8-11/h6-8,13,16H,5,9-10H2,1-4H3. The van der Waals surface area contributed by atoms with Gasteiger partial charge in [-0.15, -0.1) is 0 Å². The van der Waals surface area contributed by atoms with Crippen molar-refractivity contribution in [2.75, 3.05) is 20.4 Å². The normalized spacial score (nSPS) is 20.5. The minimum absolute atomic E-state index is 0.167. The van der Waals surface area contributed by atoms with Crippen molar-refractivity contribution in [3.8, 4) is 11.5 Å². The largest absolute Gasteiger partial charge is 0.487 e. The first-order valence-corrected chi connectivity index (χ1v) is 6.76. The Morgan fingerprint density at radius 1 is 1.42 bits per heavy atom. The van der Waals surface area contributed by atoms with Gasteiger partial charge in [0.15, 0.2) is 6.79 Å². The number of hydrogen-bond donors (Lipinski definition) is 1. The van der Waals surface area contributed by atoms with Gasteiger partial charge in [0.1, 0.15) is 17.1 Å². The van der Waals surface area contributed by atoms with Gasteiger partial charge < -0.3 is 19.5 Å². The Morgan fingerprint density at radius 3 is 2.89 bits per heavy atom. The van der Waals surface area contributed by atoms with Gasteiger partial charge in [-0.3, -0.25) is 0 Å². The van der Waals surface area contributed by atoms with Gasteiger partial charge in [0, 0.05) is 30.7 Å². The molecular formula is C15H23NO3. The molecule has 0 aliphatic carbocycles. The van der Waals surface area contributed by atoms with Crippen LogP contribution in [0.3, 0.4) is 0 Å². The molecule has 0 fully saturated rings. The van der Waals surface area contributed by atoms with E-state index in [0.717, 1.165) is 17.9 Å².